The third-order valence-electron chi connectivity index (χ3n) is 3.29. The molecular formula is C13H14Cl2FN3. The molecular weight excluding hydrogens is 288 g/mol. The number of halogens is 3. The number of nitrogens with zero attached hydrogens (tertiary/aromatic N) is 2. The first-order chi connectivity index (χ1) is 9.15. The topological polar surface area (TPSA) is 39.1 Å². The fraction of sp³-hybridized carbons (Fsp3) is 0.462. The average molecular weight is 302 g/mol. The zero-order valence-corrected chi connectivity index (χ0v) is 11.8. The SMILES string of the molecule is N#CC[C@@H](c1c(Cl)ccc(Cl)c1F)N1CCNCC1. The van der Waals surface area contributed by atoms with Crippen molar-refractivity contribution in [3.63, 3.8) is 0 Å². The van der Waals surface area contributed by atoms with Crippen LogP contribution in [0.15, 0.2) is 12.1 Å². The van der Waals surface area contributed by atoms with E-state index < -0.39 is 5.82 Å². The van der Waals surface area contributed by atoms with Gasteiger partial charge in [-0.1, -0.05) is 23.2 Å². The molecule has 1 atom stereocenters. The van der Waals surface area contributed by atoms with Crippen molar-refractivity contribution in [1.29, 1.82) is 5.26 Å². The number of hydrogen-bond donors (Lipinski definition) is 1. The summed E-state index contributed by atoms with van der Waals surface area (Å²) in [7, 11) is 0. The van der Waals surface area contributed by atoms with Gasteiger partial charge in [0.25, 0.3) is 0 Å². The summed E-state index contributed by atoms with van der Waals surface area (Å²) in [6, 6.07) is 4.77. The molecule has 1 aliphatic heterocycles. The Morgan fingerprint density at radius 3 is 2.58 bits per heavy atom. The molecule has 1 fully saturated rings. The van der Waals surface area contributed by atoms with Crippen molar-refractivity contribution >= 4 is 23.2 Å². The second-order valence-corrected chi connectivity index (χ2v) is 5.24. The monoisotopic (exact) mass is 301 g/mol. The Balaban J connectivity index is 2.38. The normalized spacial score (nSPS) is 18.0. The van der Waals surface area contributed by atoms with Gasteiger partial charge in [-0.2, -0.15) is 5.26 Å². The van der Waals surface area contributed by atoms with Crippen LogP contribution >= 0.6 is 23.2 Å². The first-order valence-electron chi connectivity index (χ1n) is 6.10. The van der Waals surface area contributed by atoms with Crippen molar-refractivity contribution in [3.8, 4) is 6.07 Å². The minimum Gasteiger partial charge on any atom is -0.314 e. The van der Waals surface area contributed by atoms with Gasteiger partial charge in [0, 0.05) is 36.8 Å². The smallest absolute Gasteiger partial charge is 0.148 e. The van der Waals surface area contributed by atoms with Crippen LogP contribution in [0.3, 0.4) is 0 Å². The molecule has 1 heterocycles. The zero-order chi connectivity index (χ0) is 13.8. The third-order valence-corrected chi connectivity index (χ3v) is 3.91. The zero-order valence-electron chi connectivity index (χ0n) is 10.3. The lowest BCUT2D eigenvalue weighted by atomic mass is 10.0. The van der Waals surface area contributed by atoms with Gasteiger partial charge >= 0.3 is 0 Å². The van der Waals surface area contributed by atoms with Crippen LogP contribution in [0.25, 0.3) is 0 Å². The number of hydrogen-bond acceptors (Lipinski definition) is 3. The van der Waals surface area contributed by atoms with Crippen LogP contribution in [-0.4, -0.2) is 31.1 Å². The van der Waals surface area contributed by atoms with E-state index in [4.69, 9.17) is 28.5 Å². The van der Waals surface area contributed by atoms with Crippen molar-refractivity contribution in [1.82, 2.24) is 10.2 Å². The lowest BCUT2D eigenvalue weighted by Gasteiger charge is -2.34. The van der Waals surface area contributed by atoms with E-state index in [2.05, 4.69) is 16.3 Å². The number of rotatable bonds is 3. The van der Waals surface area contributed by atoms with Crippen LogP contribution in [0.2, 0.25) is 10.0 Å². The van der Waals surface area contributed by atoms with E-state index in [9.17, 15) is 4.39 Å². The Labute approximate surface area is 121 Å². The molecule has 2 rings (SSSR count). The highest BCUT2D eigenvalue weighted by Gasteiger charge is 2.27. The van der Waals surface area contributed by atoms with Crippen LogP contribution in [0, 0.1) is 17.1 Å². The molecule has 102 valence electrons. The van der Waals surface area contributed by atoms with Gasteiger partial charge in [-0.15, -0.1) is 0 Å². The van der Waals surface area contributed by atoms with E-state index in [1.165, 1.54) is 6.07 Å². The quantitative estimate of drug-likeness (QED) is 0.872. The van der Waals surface area contributed by atoms with Crippen molar-refractivity contribution in [2.75, 3.05) is 26.2 Å². The molecule has 1 aromatic carbocycles. The molecule has 0 amide bonds. The van der Waals surface area contributed by atoms with Crippen molar-refractivity contribution < 1.29 is 4.39 Å². The van der Waals surface area contributed by atoms with E-state index in [0.29, 0.717) is 10.6 Å². The van der Waals surface area contributed by atoms with Gasteiger partial charge < -0.3 is 5.32 Å². The van der Waals surface area contributed by atoms with Crippen LogP contribution in [-0.2, 0) is 0 Å². The molecule has 0 unspecified atom stereocenters. The lowest BCUT2D eigenvalue weighted by molar-refractivity contribution is 0.172. The largest absolute Gasteiger partial charge is 0.314 e. The number of piperazine rings is 1. The molecule has 19 heavy (non-hydrogen) atoms. The van der Waals surface area contributed by atoms with Crippen LogP contribution in [0.4, 0.5) is 4.39 Å². The highest BCUT2D eigenvalue weighted by molar-refractivity contribution is 6.33. The lowest BCUT2D eigenvalue weighted by Crippen LogP contribution is -2.45. The van der Waals surface area contributed by atoms with Gasteiger partial charge in [0.2, 0.25) is 0 Å². The summed E-state index contributed by atoms with van der Waals surface area (Å²) in [4.78, 5) is 2.07. The Bertz CT molecular complexity index is 495. The average Bonchev–Trinajstić information content (AvgIpc) is 2.43. The molecule has 0 saturated carbocycles. The van der Waals surface area contributed by atoms with Crippen molar-refractivity contribution in [2.45, 2.75) is 12.5 Å². The maximum absolute atomic E-state index is 14.2. The highest BCUT2D eigenvalue weighted by atomic mass is 35.5. The summed E-state index contributed by atoms with van der Waals surface area (Å²) >= 11 is 11.9. The Morgan fingerprint density at radius 2 is 1.95 bits per heavy atom. The van der Waals surface area contributed by atoms with Gasteiger partial charge in [-0.05, 0) is 12.1 Å². The van der Waals surface area contributed by atoms with Gasteiger partial charge in [0.15, 0.2) is 0 Å². The summed E-state index contributed by atoms with van der Waals surface area (Å²) in [5, 5.41) is 12.6. The van der Waals surface area contributed by atoms with E-state index >= 15 is 0 Å². The van der Waals surface area contributed by atoms with E-state index in [1.54, 1.807) is 6.07 Å². The molecule has 6 heteroatoms. The second kappa shape index (κ2) is 6.53. The maximum atomic E-state index is 14.2. The molecule has 1 aliphatic rings. The third kappa shape index (κ3) is 3.18. The highest BCUT2D eigenvalue weighted by Crippen LogP contribution is 2.35. The first kappa shape index (κ1) is 14.5. The summed E-state index contributed by atoms with van der Waals surface area (Å²) < 4.78 is 14.2. The Hall–Kier alpha value is -0.860. The minimum absolute atomic E-state index is 0.0393. The Morgan fingerprint density at radius 1 is 1.32 bits per heavy atom. The maximum Gasteiger partial charge on any atom is 0.148 e. The first-order valence-corrected chi connectivity index (χ1v) is 6.86. The summed E-state index contributed by atoms with van der Waals surface area (Å²) in [5.74, 6) is -0.520. The molecule has 1 aromatic rings. The molecule has 1 saturated heterocycles. The molecule has 1 N–H and O–H groups in total. The van der Waals surface area contributed by atoms with Crippen molar-refractivity contribution in [2.24, 2.45) is 0 Å². The van der Waals surface area contributed by atoms with Gasteiger partial charge in [-0.25, -0.2) is 4.39 Å². The Kier molecular flexibility index (Phi) is 5.00. The molecule has 0 radical (unpaired) electrons. The standard InChI is InChI=1S/C13H14Cl2FN3/c14-9-1-2-10(15)13(16)12(9)11(3-4-17)19-7-5-18-6-8-19/h1-2,11,18H,3,5-8H2/t11-/m0/s1. The molecule has 3 nitrogen and oxygen atoms in total. The number of benzene rings is 1. The molecule has 0 aromatic heterocycles. The van der Waals surface area contributed by atoms with Gasteiger partial charge in [0.05, 0.1) is 23.6 Å². The summed E-state index contributed by atoms with van der Waals surface area (Å²) in [6.45, 7) is 3.16. The van der Waals surface area contributed by atoms with E-state index in [1.807, 2.05) is 0 Å². The van der Waals surface area contributed by atoms with E-state index in [-0.39, 0.29) is 17.5 Å². The fourth-order valence-corrected chi connectivity index (χ4v) is 2.78. The van der Waals surface area contributed by atoms with Gasteiger partial charge in [0.1, 0.15) is 5.82 Å². The minimum atomic E-state index is -0.520. The molecule has 0 aliphatic carbocycles. The molecule has 0 bridgehead atoms. The van der Waals surface area contributed by atoms with Crippen molar-refractivity contribution in [3.05, 3.63) is 33.6 Å². The second-order valence-electron chi connectivity index (χ2n) is 4.42. The fourth-order valence-electron chi connectivity index (χ4n) is 2.34. The summed E-state index contributed by atoms with van der Waals surface area (Å²) in [6.07, 6.45) is 0.191. The number of nitrogens with one attached hydrogen (secondary N) is 1. The summed E-state index contributed by atoms with van der Waals surface area (Å²) in [5.41, 5.74) is 0.331. The van der Waals surface area contributed by atoms with E-state index in [0.717, 1.165) is 26.2 Å². The number of nitriles is 1. The van der Waals surface area contributed by atoms with Crippen LogP contribution < -0.4 is 5.32 Å². The van der Waals surface area contributed by atoms with Crippen LogP contribution in [0.5, 0.6) is 0 Å². The predicted molar refractivity (Wildman–Crippen MR) is 73.8 cm³/mol. The van der Waals surface area contributed by atoms with Crippen LogP contribution in [0.1, 0.15) is 18.0 Å². The van der Waals surface area contributed by atoms with Gasteiger partial charge in [-0.3, -0.25) is 4.90 Å². The predicted octanol–water partition coefficient (Wildman–Crippen LogP) is 2.99. The molecule has 0 spiro atoms.